The summed E-state index contributed by atoms with van der Waals surface area (Å²) in [5, 5.41) is 12.8. The molecule has 1 saturated carbocycles. The average molecular weight is 213 g/mol. The lowest BCUT2D eigenvalue weighted by atomic mass is 10.0. The predicted octanol–water partition coefficient (Wildman–Crippen LogP) is 1.20. The van der Waals surface area contributed by atoms with Gasteiger partial charge in [0.1, 0.15) is 6.33 Å². The van der Waals surface area contributed by atoms with Gasteiger partial charge in [0.25, 0.3) is 0 Å². The van der Waals surface area contributed by atoms with E-state index in [-0.39, 0.29) is 12.0 Å². The van der Waals surface area contributed by atoms with Gasteiger partial charge in [0.05, 0.1) is 5.92 Å². The molecule has 0 radical (unpaired) electrons. The number of hydrogen-bond acceptors (Lipinski definition) is 5. The van der Waals surface area contributed by atoms with Gasteiger partial charge in [-0.1, -0.05) is 6.42 Å². The normalized spacial score (nSPS) is 26.3. The summed E-state index contributed by atoms with van der Waals surface area (Å²) in [6, 6.07) is 0.0143. The molecule has 0 amide bonds. The van der Waals surface area contributed by atoms with Crippen molar-refractivity contribution in [2.24, 2.45) is 5.92 Å². The van der Waals surface area contributed by atoms with Crippen LogP contribution >= 0.6 is 11.5 Å². The van der Waals surface area contributed by atoms with E-state index in [2.05, 4.69) is 14.7 Å². The number of carboxylic acids is 1. The monoisotopic (exact) mass is 213 g/mol. The summed E-state index contributed by atoms with van der Waals surface area (Å²) >= 11 is 1.26. The highest BCUT2D eigenvalue weighted by Crippen LogP contribution is 2.28. The maximum atomic E-state index is 10.9. The number of carboxylic acid groups (broad SMARTS) is 1. The molecule has 6 heteroatoms. The molecule has 0 bridgehead atoms. The molecule has 1 aromatic heterocycles. The zero-order valence-electron chi connectivity index (χ0n) is 7.51. The van der Waals surface area contributed by atoms with Gasteiger partial charge >= 0.3 is 5.97 Å². The van der Waals surface area contributed by atoms with Crippen molar-refractivity contribution in [3.8, 4) is 0 Å². The molecule has 0 spiro atoms. The Bertz CT molecular complexity index is 314. The lowest BCUT2D eigenvalue weighted by Crippen LogP contribution is -2.29. The van der Waals surface area contributed by atoms with E-state index < -0.39 is 5.97 Å². The van der Waals surface area contributed by atoms with E-state index in [1.165, 1.54) is 17.9 Å². The Balaban J connectivity index is 2.00. The van der Waals surface area contributed by atoms with Crippen LogP contribution in [-0.4, -0.2) is 26.5 Å². The minimum absolute atomic E-state index is 0.0143. The van der Waals surface area contributed by atoms with Crippen molar-refractivity contribution >= 4 is 22.6 Å². The fourth-order valence-corrected chi connectivity index (χ4v) is 2.32. The first-order valence-corrected chi connectivity index (χ1v) is 5.31. The van der Waals surface area contributed by atoms with E-state index in [9.17, 15) is 4.79 Å². The maximum Gasteiger partial charge on any atom is 0.308 e. The minimum Gasteiger partial charge on any atom is -0.481 e. The van der Waals surface area contributed by atoms with Crippen LogP contribution in [0, 0.1) is 5.92 Å². The third-order valence-electron chi connectivity index (χ3n) is 2.50. The Hall–Kier alpha value is -1.17. The summed E-state index contributed by atoms with van der Waals surface area (Å²) in [6.07, 6.45) is 4.09. The molecule has 2 atom stereocenters. The Morgan fingerprint density at radius 2 is 2.50 bits per heavy atom. The minimum atomic E-state index is -0.718. The van der Waals surface area contributed by atoms with E-state index >= 15 is 0 Å². The molecule has 2 unspecified atom stereocenters. The maximum absolute atomic E-state index is 10.9. The van der Waals surface area contributed by atoms with Gasteiger partial charge in [-0.15, -0.1) is 0 Å². The molecule has 14 heavy (non-hydrogen) atoms. The molecular weight excluding hydrogens is 202 g/mol. The second kappa shape index (κ2) is 3.91. The van der Waals surface area contributed by atoms with Crippen molar-refractivity contribution in [2.75, 3.05) is 5.32 Å². The molecule has 0 saturated heterocycles. The highest BCUT2D eigenvalue weighted by molar-refractivity contribution is 7.09. The SMILES string of the molecule is O=C(O)C1CCCC1Nc1ncns1. The van der Waals surface area contributed by atoms with Crippen LogP contribution in [0.4, 0.5) is 5.13 Å². The molecule has 5 nitrogen and oxygen atoms in total. The van der Waals surface area contributed by atoms with Crippen molar-refractivity contribution < 1.29 is 9.90 Å². The van der Waals surface area contributed by atoms with E-state index in [1.54, 1.807) is 0 Å². The van der Waals surface area contributed by atoms with E-state index in [0.29, 0.717) is 5.13 Å². The van der Waals surface area contributed by atoms with Crippen LogP contribution in [0.25, 0.3) is 0 Å². The van der Waals surface area contributed by atoms with Crippen LogP contribution in [-0.2, 0) is 4.79 Å². The summed E-state index contributed by atoms with van der Waals surface area (Å²) in [5.41, 5.74) is 0. The largest absolute Gasteiger partial charge is 0.481 e. The molecule has 0 aliphatic heterocycles. The average Bonchev–Trinajstić information content (AvgIpc) is 2.75. The summed E-state index contributed by atoms with van der Waals surface area (Å²) in [4.78, 5) is 14.8. The third-order valence-corrected chi connectivity index (χ3v) is 3.10. The number of aliphatic carboxylic acids is 1. The van der Waals surface area contributed by atoms with Gasteiger partial charge in [-0.3, -0.25) is 4.79 Å². The summed E-state index contributed by atoms with van der Waals surface area (Å²) in [5.74, 6) is -0.997. The van der Waals surface area contributed by atoms with Gasteiger partial charge in [-0.05, 0) is 12.8 Å². The lowest BCUT2D eigenvalue weighted by molar-refractivity contribution is -0.141. The molecule has 1 fully saturated rings. The number of rotatable bonds is 3. The van der Waals surface area contributed by atoms with Crippen LogP contribution in [0.5, 0.6) is 0 Å². The lowest BCUT2D eigenvalue weighted by Gasteiger charge is -2.15. The van der Waals surface area contributed by atoms with Crippen LogP contribution < -0.4 is 5.32 Å². The number of carbonyl (C=O) groups is 1. The van der Waals surface area contributed by atoms with Crippen molar-refractivity contribution in [3.63, 3.8) is 0 Å². The second-order valence-corrected chi connectivity index (χ2v) is 4.15. The zero-order chi connectivity index (χ0) is 9.97. The molecule has 1 heterocycles. The van der Waals surface area contributed by atoms with Gasteiger partial charge in [0.15, 0.2) is 0 Å². The third kappa shape index (κ3) is 1.84. The van der Waals surface area contributed by atoms with Crippen LogP contribution in [0.3, 0.4) is 0 Å². The first kappa shape index (κ1) is 9.39. The topological polar surface area (TPSA) is 75.1 Å². The van der Waals surface area contributed by atoms with Gasteiger partial charge in [-0.2, -0.15) is 4.37 Å². The molecule has 1 aliphatic carbocycles. The molecule has 76 valence electrons. The van der Waals surface area contributed by atoms with Crippen molar-refractivity contribution in [1.82, 2.24) is 9.36 Å². The van der Waals surface area contributed by atoms with Gasteiger partial charge in [0.2, 0.25) is 5.13 Å². The van der Waals surface area contributed by atoms with E-state index in [0.717, 1.165) is 19.3 Å². The number of nitrogens with zero attached hydrogens (tertiary/aromatic N) is 2. The van der Waals surface area contributed by atoms with Crippen molar-refractivity contribution in [2.45, 2.75) is 25.3 Å². The van der Waals surface area contributed by atoms with Crippen LogP contribution in [0.2, 0.25) is 0 Å². The molecule has 0 aromatic carbocycles. The fourth-order valence-electron chi connectivity index (χ4n) is 1.82. The quantitative estimate of drug-likeness (QED) is 0.789. The first-order valence-electron chi connectivity index (χ1n) is 4.53. The molecule has 2 N–H and O–H groups in total. The Morgan fingerprint density at radius 1 is 1.64 bits per heavy atom. The number of aromatic nitrogens is 2. The first-order chi connectivity index (χ1) is 6.77. The van der Waals surface area contributed by atoms with Crippen LogP contribution in [0.1, 0.15) is 19.3 Å². The number of anilines is 1. The summed E-state index contributed by atoms with van der Waals surface area (Å²) in [7, 11) is 0. The molecule has 2 rings (SSSR count). The second-order valence-electron chi connectivity index (χ2n) is 3.37. The Kier molecular flexibility index (Phi) is 2.62. The number of hydrogen-bond donors (Lipinski definition) is 2. The summed E-state index contributed by atoms with van der Waals surface area (Å²) in [6.45, 7) is 0. The fraction of sp³-hybridized carbons (Fsp3) is 0.625. The predicted molar refractivity (Wildman–Crippen MR) is 52.3 cm³/mol. The Labute approximate surface area is 85.3 Å². The zero-order valence-corrected chi connectivity index (χ0v) is 8.33. The highest BCUT2D eigenvalue weighted by atomic mass is 32.1. The van der Waals surface area contributed by atoms with Gasteiger partial charge < -0.3 is 10.4 Å². The van der Waals surface area contributed by atoms with Crippen molar-refractivity contribution in [3.05, 3.63) is 6.33 Å². The standard InChI is InChI=1S/C8H11N3O2S/c12-7(13)5-2-1-3-6(5)11-8-9-4-10-14-8/h4-6H,1-3H2,(H,12,13)(H,9,10,11). The smallest absolute Gasteiger partial charge is 0.308 e. The number of nitrogens with one attached hydrogen (secondary N) is 1. The Morgan fingerprint density at radius 3 is 3.14 bits per heavy atom. The van der Waals surface area contributed by atoms with Gasteiger partial charge in [-0.25, -0.2) is 4.98 Å². The molecule has 1 aromatic rings. The molecular formula is C8H11N3O2S. The van der Waals surface area contributed by atoms with E-state index in [1.807, 2.05) is 0 Å². The van der Waals surface area contributed by atoms with Crippen LogP contribution in [0.15, 0.2) is 6.33 Å². The highest BCUT2D eigenvalue weighted by Gasteiger charge is 2.33. The molecule has 1 aliphatic rings. The summed E-state index contributed by atoms with van der Waals surface area (Å²) < 4.78 is 3.85. The van der Waals surface area contributed by atoms with E-state index in [4.69, 9.17) is 5.11 Å². The van der Waals surface area contributed by atoms with Crippen molar-refractivity contribution in [1.29, 1.82) is 0 Å². The van der Waals surface area contributed by atoms with Gasteiger partial charge in [0, 0.05) is 17.6 Å².